The molecule has 0 fully saturated rings. The van der Waals surface area contributed by atoms with Crippen LogP contribution in [-0.4, -0.2) is 22.4 Å². The van der Waals surface area contributed by atoms with Gasteiger partial charge in [-0.05, 0) is 35.9 Å². The lowest BCUT2D eigenvalue weighted by Crippen LogP contribution is -2.31. The summed E-state index contributed by atoms with van der Waals surface area (Å²) in [5.74, 6) is 0.649. The third-order valence-electron chi connectivity index (χ3n) is 5.00. The standard InChI is InChI=1S/C23H17FN2O3/c24-19-6-2-1-5-16(19)10-21-22(27)17-7-8-20-18(23(17)29-21)13-26(14-28-20)12-15-4-3-9-25-11-15/h1-11H,12-14H2/b21-10-. The number of pyridine rings is 1. The van der Waals surface area contributed by atoms with E-state index in [0.29, 0.717) is 42.4 Å². The Labute approximate surface area is 167 Å². The van der Waals surface area contributed by atoms with Gasteiger partial charge in [-0.3, -0.25) is 14.7 Å². The minimum Gasteiger partial charge on any atom is -0.478 e. The fourth-order valence-corrected chi connectivity index (χ4v) is 3.59. The van der Waals surface area contributed by atoms with Crippen LogP contribution in [0.15, 0.2) is 66.7 Å². The van der Waals surface area contributed by atoms with Gasteiger partial charge >= 0.3 is 0 Å². The molecule has 0 radical (unpaired) electrons. The summed E-state index contributed by atoms with van der Waals surface area (Å²) in [5.41, 5.74) is 2.68. The molecular weight excluding hydrogens is 371 g/mol. The molecule has 5 nitrogen and oxygen atoms in total. The van der Waals surface area contributed by atoms with Gasteiger partial charge in [-0.2, -0.15) is 0 Å². The normalized spacial score (nSPS) is 16.9. The molecule has 0 bridgehead atoms. The third-order valence-corrected chi connectivity index (χ3v) is 5.00. The van der Waals surface area contributed by atoms with Gasteiger partial charge in [0.1, 0.15) is 24.0 Å². The molecule has 0 unspecified atom stereocenters. The van der Waals surface area contributed by atoms with E-state index in [0.717, 1.165) is 11.1 Å². The molecular formula is C23H17FN2O3. The lowest BCUT2D eigenvalue weighted by molar-refractivity contribution is 0.0872. The van der Waals surface area contributed by atoms with Crippen LogP contribution >= 0.6 is 0 Å². The number of nitrogens with zero attached hydrogens (tertiary/aromatic N) is 2. The minimum absolute atomic E-state index is 0.114. The molecule has 144 valence electrons. The zero-order chi connectivity index (χ0) is 19.8. The van der Waals surface area contributed by atoms with Crippen LogP contribution in [-0.2, 0) is 13.1 Å². The Balaban J connectivity index is 1.45. The van der Waals surface area contributed by atoms with E-state index >= 15 is 0 Å². The number of rotatable bonds is 3. The van der Waals surface area contributed by atoms with Crippen molar-refractivity contribution in [1.82, 2.24) is 9.88 Å². The molecule has 3 heterocycles. The Morgan fingerprint density at radius 3 is 2.86 bits per heavy atom. The smallest absolute Gasteiger partial charge is 0.231 e. The van der Waals surface area contributed by atoms with E-state index in [1.807, 2.05) is 18.3 Å². The van der Waals surface area contributed by atoms with E-state index in [4.69, 9.17) is 9.47 Å². The van der Waals surface area contributed by atoms with Crippen LogP contribution in [0, 0.1) is 5.82 Å². The highest BCUT2D eigenvalue weighted by molar-refractivity contribution is 6.15. The number of carbonyl (C=O) groups is 1. The van der Waals surface area contributed by atoms with E-state index in [9.17, 15) is 9.18 Å². The van der Waals surface area contributed by atoms with Gasteiger partial charge in [-0.15, -0.1) is 0 Å². The summed E-state index contributed by atoms with van der Waals surface area (Å²) in [7, 11) is 0. The van der Waals surface area contributed by atoms with E-state index in [1.54, 1.807) is 36.5 Å². The third kappa shape index (κ3) is 3.28. The number of hydrogen-bond donors (Lipinski definition) is 0. The second-order valence-corrected chi connectivity index (χ2v) is 7.00. The van der Waals surface area contributed by atoms with Crippen LogP contribution in [0.2, 0.25) is 0 Å². The topological polar surface area (TPSA) is 51.7 Å². The van der Waals surface area contributed by atoms with E-state index in [2.05, 4.69) is 9.88 Å². The van der Waals surface area contributed by atoms with Gasteiger partial charge in [-0.1, -0.05) is 24.3 Å². The molecule has 2 aliphatic rings. The average Bonchev–Trinajstić information content (AvgIpc) is 3.06. The molecule has 0 spiro atoms. The van der Waals surface area contributed by atoms with Crippen LogP contribution in [0.3, 0.4) is 0 Å². The second-order valence-electron chi connectivity index (χ2n) is 7.00. The number of allylic oxidation sites excluding steroid dienone is 1. The Morgan fingerprint density at radius 2 is 2.03 bits per heavy atom. The first-order valence-corrected chi connectivity index (χ1v) is 9.28. The number of Topliss-reactive ketones (excluding diaryl/α,β-unsaturated/α-hetero) is 1. The summed E-state index contributed by atoms with van der Waals surface area (Å²) in [6, 6.07) is 13.7. The highest BCUT2D eigenvalue weighted by Crippen LogP contribution is 2.42. The molecule has 2 aromatic carbocycles. The Bertz CT molecular complexity index is 1130. The van der Waals surface area contributed by atoms with Crippen LogP contribution in [0.4, 0.5) is 4.39 Å². The predicted molar refractivity (Wildman–Crippen MR) is 105 cm³/mol. The Morgan fingerprint density at radius 1 is 1.14 bits per heavy atom. The molecule has 2 aliphatic heterocycles. The number of aromatic nitrogens is 1. The molecule has 0 saturated heterocycles. The van der Waals surface area contributed by atoms with Gasteiger partial charge in [0, 0.05) is 31.0 Å². The number of hydrogen-bond acceptors (Lipinski definition) is 5. The van der Waals surface area contributed by atoms with Crippen LogP contribution in [0.1, 0.15) is 27.0 Å². The summed E-state index contributed by atoms with van der Waals surface area (Å²) in [4.78, 5) is 19.0. The SMILES string of the molecule is O=C1/C(=C/c2ccccc2F)Oc2c1ccc1c2CN(Cc2cccnc2)CO1. The minimum atomic E-state index is -0.402. The highest BCUT2D eigenvalue weighted by atomic mass is 19.1. The number of halogens is 1. The second kappa shape index (κ2) is 7.14. The van der Waals surface area contributed by atoms with Crippen molar-refractivity contribution >= 4 is 11.9 Å². The maximum absolute atomic E-state index is 14.0. The molecule has 0 aliphatic carbocycles. The van der Waals surface area contributed by atoms with E-state index in [-0.39, 0.29) is 11.5 Å². The molecule has 0 amide bonds. The van der Waals surface area contributed by atoms with Crippen molar-refractivity contribution in [3.63, 3.8) is 0 Å². The molecule has 6 heteroatoms. The maximum atomic E-state index is 14.0. The fraction of sp³-hybridized carbons (Fsp3) is 0.130. The molecule has 29 heavy (non-hydrogen) atoms. The zero-order valence-corrected chi connectivity index (χ0v) is 15.5. The van der Waals surface area contributed by atoms with Crippen molar-refractivity contribution in [3.05, 3.63) is 94.8 Å². The van der Waals surface area contributed by atoms with Crippen molar-refractivity contribution in [3.8, 4) is 11.5 Å². The molecule has 0 N–H and O–H groups in total. The van der Waals surface area contributed by atoms with Crippen molar-refractivity contribution in [2.45, 2.75) is 13.1 Å². The lowest BCUT2D eigenvalue weighted by atomic mass is 10.0. The molecule has 0 saturated carbocycles. The van der Waals surface area contributed by atoms with Crippen molar-refractivity contribution < 1.29 is 18.7 Å². The summed E-state index contributed by atoms with van der Waals surface area (Å²) < 4.78 is 25.8. The first-order valence-electron chi connectivity index (χ1n) is 9.28. The number of benzene rings is 2. The molecule has 1 aromatic heterocycles. The van der Waals surface area contributed by atoms with Crippen LogP contribution < -0.4 is 9.47 Å². The summed E-state index contributed by atoms with van der Waals surface area (Å²) >= 11 is 0. The fourth-order valence-electron chi connectivity index (χ4n) is 3.59. The van der Waals surface area contributed by atoms with Gasteiger partial charge in [0.25, 0.3) is 0 Å². The number of carbonyl (C=O) groups excluding carboxylic acids is 1. The number of fused-ring (bicyclic) bond motifs is 3. The number of ketones is 1. The van der Waals surface area contributed by atoms with Crippen molar-refractivity contribution in [2.75, 3.05) is 6.73 Å². The maximum Gasteiger partial charge on any atom is 0.231 e. The summed E-state index contributed by atoms with van der Waals surface area (Å²) in [6.07, 6.45) is 5.00. The Hall–Kier alpha value is -3.51. The first-order chi connectivity index (χ1) is 14.2. The highest BCUT2D eigenvalue weighted by Gasteiger charge is 2.33. The zero-order valence-electron chi connectivity index (χ0n) is 15.5. The first kappa shape index (κ1) is 17.6. The van der Waals surface area contributed by atoms with E-state index < -0.39 is 5.82 Å². The van der Waals surface area contributed by atoms with Crippen molar-refractivity contribution in [2.24, 2.45) is 0 Å². The van der Waals surface area contributed by atoms with E-state index in [1.165, 1.54) is 12.1 Å². The quantitative estimate of drug-likeness (QED) is 0.630. The van der Waals surface area contributed by atoms with Gasteiger partial charge in [0.2, 0.25) is 5.78 Å². The largest absolute Gasteiger partial charge is 0.478 e. The number of ether oxygens (including phenoxy) is 2. The van der Waals surface area contributed by atoms with Gasteiger partial charge in [0.15, 0.2) is 5.76 Å². The monoisotopic (exact) mass is 388 g/mol. The van der Waals surface area contributed by atoms with Crippen LogP contribution in [0.25, 0.3) is 6.08 Å². The van der Waals surface area contributed by atoms with Crippen LogP contribution in [0.5, 0.6) is 11.5 Å². The summed E-state index contributed by atoms with van der Waals surface area (Å²) in [6.45, 7) is 1.68. The van der Waals surface area contributed by atoms with Gasteiger partial charge in [0.05, 0.1) is 11.1 Å². The van der Waals surface area contributed by atoms with Gasteiger partial charge < -0.3 is 9.47 Å². The predicted octanol–water partition coefficient (Wildman–Crippen LogP) is 4.19. The van der Waals surface area contributed by atoms with Gasteiger partial charge in [-0.25, -0.2) is 4.39 Å². The molecule has 0 atom stereocenters. The Kier molecular flexibility index (Phi) is 4.33. The molecule has 5 rings (SSSR count). The average molecular weight is 388 g/mol. The summed E-state index contributed by atoms with van der Waals surface area (Å²) in [5, 5.41) is 0. The lowest BCUT2D eigenvalue weighted by Gasteiger charge is -2.29. The molecule has 3 aromatic rings. The van der Waals surface area contributed by atoms with Crippen molar-refractivity contribution in [1.29, 1.82) is 0 Å².